The van der Waals surface area contributed by atoms with Crippen LogP contribution in [0.15, 0.2) is 16.6 Å². The van der Waals surface area contributed by atoms with Crippen molar-refractivity contribution in [2.75, 3.05) is 0 Å². The van der Waals surface area contributed by atoms with Crippen LogP contribution in [0, 0.1) is 5.92 Å². The van der Waals surface area contributed by atoms with Crippen LogP contribution >= 0.6 is 39.9 Å². The van der Waals surface area contributed by atoms with Gasteiger partial charge in [0.2, 0.25) is 0 Å². The molecule has 0 aliphatic heterocycles. The highest BCUT2D eigenvalue weighted by Crippen LogP contribution is 2.41. The van der Waals surface area contributed by atoms with Gasteiger partial charge in [0.05, 0.1) is 5.02 Å². The van der Waals surface area contributed by atoms with E-state index in [2.05, 4.69) is 15.9 Å². The third kappa shape index (κ3) is 3.27. The molecule has 0 heterocycles. The van der Waals surface area contributed by atoms with E-state index in [1.54, 1.807) is 6.07 Å². The number of aromatic hydroxyl groups is 1. The van der Waals surface area contributed by atoms with Crippen molar-refractivity contribution in [1.82, 2.24) is 0 Å². The molecule has 1 saturated carbocycles. The zero-order chi connectivity index (χ0) is 11.0. The van der Waals surface area contributed by atoms with Gasteiger partial charge >= 0.3 is 0 Å². The first kappa shape index (κ1) is 14.1. The number of rotatable bonds is 3. The third-order valence-corrected chi connectivity index (χ3v) is 3.49. The van der Waals surface area contributed by atoms with Gasteiger partial charge in [-0.15, -0.1) is 12.4 Å². The van der Waals surface area contributed by atoms with Crippen LogP contribution in [0.2, 0.25) is 5.02 Å². The van der Waals surface area contributed by atoms with Crippen LogP contribution in [-0.2, 0) is 0 Å². The molecule has 0 amide bonds. The van der Waals surface area contributed by atoms with Crippen LogP contribution in [0.3, 0.4) is 0 Å². The van der Waals surface area contributed by atoms with Crippen molar-refractivity contribution in [2.24, 2.45) is 11.7 Å². The second kappa shape index (κ2) is 5.58. The van der Waals surface area contributed by atoms with Gasteiger partial charge in [-0.3, -0.25) is 0 Å². The molecule has 2 nitrogen and oxygen atoms in total. The Morgan fingerprint density at radius 2 is 2.12 bits per heavy atom. The maximum absolute atomic E-state index is 9.79. The topological polar surface area (TPSA) is 46.2 Å². The van der Waals surface area contributed by atoms with E-state index in [0.29, 0.717) is 5.02 Å². The maximum Gasteiger partial charge on any atom is 0.139 e. The third-order valence-electron chi connectivity index (χ3n) is 2.74. The van der Waals surface area contributed by atoms with Crippen molar-refractivity contribution in [3.8, 4) is 5.75 Å². The summed E-state index contributed by atoms with van der Waals surface area (Å²) < 4.78 is 0.853. The Labute approximate surface area is 115 Å². The van der Waals surface area contributed by atoms with E-state index in [-0.39, 0.29) is 24.2 Å². The van der Waals surface area contributed by atoms with Crippen LogP contribution in [0.5, 0.6) is 5.75 Å². The van der Waals surface area contributed by atoms with Gasteiger partial charge in [0.25, 0.3) is 0 Å². The van der Waals surface area contributed by atoms with Gasteiger partial charge in [-0.25, -0.2) is 0 Å². The average Bonchev–Trinajstić information content (AvgIpc) is 2.94. The number of nitrogens with two attached hydrogens (primary N) is 1. The van der Waals surface area contributed by atoms with Crippen molar-refractivity contribution in [3.05, 3.63) is 27.2 Å². The summed E-state index contributed by atoms with van der Waals surface area (Å²) in [6, 6.07) is 3.39. The number of halogens is 3. The van der Waals surface area contributed by atoms with Gasteiger partial charge in [0.15, 0.2) is 0 Å². The Bertz CT molecular complexity index is 382. The summed E-state index contributed by atoms with van der Waals surface area (Å²) in [4.78, 5) is 0. The van der Waals surface area contributed by atoms with Gasteiger partial charge in [0, 0.05) is 16.1 Å². The quantitative estimate of drug-likeness (QED) is 0.880. The Balaban J connectivity index is 0.00000128. The first-order chi connectivity index (χ1) is 7.08. The Morgan fingerprint density at radius 1 is 1.50 bits per heavy atom. The molecule has 3 N–H and O–H groups in total. The number of hydrogen-bond acceptors (Lipinski definition) is 2. The predicted molar refractivity (Wildman–Crippen MR) is 72.3 cm³/mol. The Morgan fingerprint density at radius 3 is 2.69 bits per heavy atom. The molecular weight excluding hydrogens is 313 g/mol. The first-order valence-corrected chi connectivity index (χ1v) is 6.18. The molecule has 1 aliphatic rings. The largest absolute Gasteiger partial charge is 0.506 e. The van der Waals surface area contributed by atoms with E-state index >= 15 is 0 Å². The molecular formula is C11H14BrCl2NO. The molecule has 0 radical (unpaired) electrons. The number of benzene rings is 1. The SMILES string of the molecule is Cl.N[C@@H](CC1CC1)c1cc(Br)cc(Cl)c1O. The van der Waals surface area contributed by atoms with E-state index in [1.807, 2.05) is 6.07 Å². The summed E-state index contributed by atoms with van der Waals surface area (Å²) in [5.41, 5.74) is 6.77. The molecule has 1 aromatic rings. The van der Waals surface area contributed by atoms with E-state index in [4.69, 9.17) is 17.3 Å². The lowest BCUT2D eigenvalue weighted by molar-refractivity contribution is 0.455. The molecule has 5 heteroatoms. The molecule has 1 fully saturated rings. The summed E-state index contributed by atoms with van der Waals surface area (Å²) in [7, 11) is 0. The summed E-state index contributed by atoms with van der Waals surface area (Å²) in [5, 5.41) is 10.1. The van der Waals surface area contributed by atoms with Crippen LogP contribution in [0.4, 0.5) is 0 Å². The van der Waals surface area contributed by atoms with E-state index in [1.165, 1.54) is 12.8 Å². The highest BCUT2D eigenvalue weighted by Gasteiger charge is 2.26. The van der Waals surface area contributed by atoms with Gasteiger partial charge in [-0.1, -0.05) is 40.4 Å². The molecule has 0 spiro atoms. The van der Waals surface area contributed by atoms with Crippen LogP contribution in [0.25, 0.3) is 0 Å². The predicted octanol–water partition coefficient (Wildman–Crippen LogP) is 4.03. The number of hydrogen-bond donors (Lipinski definition) is 2. The van der Waals surface area contributed by atoms with E-state index < -0.39 is 0 Å². The molecule has 0 aromatic heterocycles. The average molecular weight is 327 g/mol. The van der Waals surface area contributed by atoms with Crippen LogP contribution < -0.4 is 5.73 Å². The molecule has 0 unspecified atom stereocenters. The second-order valence-electron chi connectivity index (χ2n) is 4.11. The van der Waals surface area contributed by atoms with Gasteiger partial charge in [-0.05, 0) is 24.5 Å². The zero-order valence-electron chi connectivity index (χ0n) is 8.62. The van der Waals surface area contributed by atoms with Crippen molar-refractivity contribution in [2.45, 2.75) is 25.3 Å². The van der Waals surface area contributed by atoms with Crippen molar-refractivity contribution in [1.29, 1.82) is 0 Å². The molecule has 90 valence electrons. The van der Waals surface area contributed by atoms with Crippen LogP contribution in [0.1, 0.15) is 30.9 Å². The number of phenols is 1. The standard InChI is InChI=1S/C11H13BrClNO.ClH/c12-7-4-8(11(15)9(13)5-7)10(14)3-6-1-2-6;/h4-6,10,15H,1-3,14H2;1H/t10-;/m0./s1. The minimum absolute atomic E-state index is 0. The minimum Gasteiger partial charge on any atom is -0.506 e. The Hall–Kier alpha value is 0.0400. The summed E-state index contributed by atoms with van der Waals surface area (Å²) in [6.45, 7) is 0. The van der Waals surface area contributed by atoms with Gasteiger partial charge in [0.1, 0.15) is 5.75 Å². The van der Waals surface area contributed by atoms with Crippen molar-refractivity contribution < 1.29 is 5.11 Å². The molecule has 2 rings (SSSR count). The summed E-state index contributed by atoms with van der Waals surface area (Å²) in [5.74, 6) is 0.852. The normalized spacial score (nSPS) is 16.7. The molecule has 1 aliphatic carbocycles. The summed E-state index contributed by atoms with van der Waals surface area (Å²) >= 11 is 9.23. The zero-order valence-corrected chi connectivity index (χ0v) is 11.8. The highest BCUT2D eigenvalue weighted by atomic mass is 79.9. The molecule has 0 bridgehead atoms. The number of phenolic OH excluding ortho intramolecular Hbond substituents is 1. The molecule has 1 atom stereocenters. The first-order valence-electron chi connectivity index (χ1n) is 5.01. The van der Waals surface area contributed by atoms with Crippen molar-refractivity contribution in [3.63, 3.8) is 0 Å². The fraction of sp³-hybridized carbons (Fsp3) is 0.455. The lowest BCUT2D eigenvalue weighted by Gasteiger charge is -2.14. The molecule has 16 heavy (non-hydrogen) atoms. The lowest BCUT2D eigenvalue weighted by atomic mass is 10.0. The van der Waals surface area contributed by atoms with Gasteiger partial charge in [-0.2, -0.15) is 0 Å². The second-order valence-corrected chi connectivity index (χ2v) is 5.43. The highest BCUT2D eigenvalue weighted by molar-refractivity contribution is 9.10. The Kier molecular flexibility index (Phi) is 4.92. The van der Waals surface area contributed by atoms with Crippen molar-refractivity contribution >= 4 is 39.9 Å². The molecule has 1 aromatic carbocycles. The lowest BCUT2D eigenvalue weighted by Crippen LogP contribution is -2.11. The fourth-order valence-corrected chi connectivity index (χ4v) is 2.54. The van der Waals surface area contributed by atoms with Crippen LogP contribution in [-0.4, -0.2) is 5.11 Å². The smallest absolute Gasteiger partial charge is 0.139 e. The molecule has 0 saturated heterocycles. The van der Waals surface area contributed by atoms with E-state index in [0.717, 1.165) is 22.4 Å². The van der Waals surface area contributed by atoms with E-state index in [9.17, 15) is 5.11 Å². The summed E-state index contributed by atoms with van der Waals surface area (Å²) in [6.07, 6.45) is 3.45. The monoisotopic (exact) mass is 325 g/mol. The minimum atomic E-state index is -0.118. The maximum atomic E-state index is 9.79. The fourth-order valence-electron chi connectivity index (χ4n) is 1.71. The van der Waals surface area contributed by atoms with Gasteiger partial charge < -0.3 is 10.8 Å².